The number of rotatable bonds is 8. The van der Waals surface area contributed by atoms with E-state index < -0.39 is 26.1 Å². The SMILES string of the molecule is CC[Si](CC)(CC)O[C@@H]1C[C@H](NC(=O)OC(C)(C)C)CN(C(=O)OCc2ccccc2)C1. The van der Waals surface area contributed by atoms with Crippen LogP contribution in [0, 0.1) is 0 Å². The first kappa shape index (κ1) is 26.2. The maximum atomic E-state index is 12.9. The summed E-state index contributed by atoms with van der Waals surface area (Å²) < 4.78 is 17.7. The molecule has 0 aliphatic carbocycles. The summed E-state index contributed by atoms with van der Waals surface area (Å²) in [7, 11) is -1.87. The van der Waals surface area contributed by atoms with Gasteiger partial charge in [0.1, 0.15) is 12.2 Å². The van der Waals surface area contributed by atoms with Gasteiger partial charge in [0.05, 0.1) is 12.1 Å². The summed E-state index contributed by atoms with van der Waals surface area (Å²) in [5, 5.41) is 2.93. The number of likely N-dealkylation sites (tertiary alicyclic amines) is 1. The van der Waals surface area contributed by atoms with Crippen LogP contribution in [0.5, 0.6) is 0 Å². The number of piperidine rings is 1. The minimum absolute atomic E-state index is 0.139. The second kappa shape index (κ2) is 11.7. The second-order valence-electron chi connectivity index (χ2n) is 9.51. The molecule has 1 aromatic rings. The number of alkyl carbamates (subject to hydrolysis) is 1. The normalized spacial score (nSPS) is 19.4. The van der Waals surface area contributed by atoms with Crippen molar-refractivity contribution >= 4 is 20.5 Å². The summed E-state index contributed by atoms with van der Waals surface area (Å²) in [5.41, 5.74) is 0.348. The molecule has 2 rings (SSSR count). The van der Waals surface area contributed by atoms with Gasteiger partial charge >= 0.3 is 12.2 Å². The molecule has 1 heterocycles. The molecule has 0 unspecified atom stereocenters. The minimum atomic E-state index is -1.87. The Hall–Kier alpha value is -2.06. The maximum absolute atomic E-state index is 12.9. The standard InChI is InChI=1S/C24H40N2O5Si/c1-7-32(8-2,9-3)31-21-15-20(25-22(27)30-24(4,5)6)16-26(17-21)23(28)29-18-19-13-11-10-12-14-19/h10-14,20-21H,7-9,15-18H2,1-6H3,(H,25,27)/t20-,21+/m0/s1. The summed E-state index contributed by atoms with van der Waals surface area (Å²) in [4.78, 5) is 26.9. The quantitative estimate of drug-likeness (QED) is 0.527. The highest BCUT2D eigenvalue weighted by molar-refractivity contribution is 6.73. The number of nitrogens with one attached hydrogen (secondary N) is 1. The van der Waals surface area contributed by atoms with Gasteiger partial charge in [-0.3, -0.25) is 0 Å². The van der Waals surface area contributed by atoms with Crippen LogP contribution in [0.4, 0.5) is 9.59 Å². The Morgan fingerprint density at radius 2 is 1.69 bits per heavy atom. The predicted octanol–water partition coefficient (Wildman–Crippen LogP) is 5.31. The van der Waals surface area contributed by atoms with Crippen molar-refractivity contribution in [2.75, 3.05) is 13.1 Å². The lowest BCUT2D eigenvalue weighted by atomic mass is 10.0. The molecule has 0 aromatic heterocycles. The van der Waals surface area contributed by atoms with Crippen molar-refractivity contribution in [1.82, 2.24) is 10.2 Å². The first-order chi connectivity index (χ1) is 15.1. The molecule has 2 amide bonds. The molecule has 1 aliphatic rings. The summed E-state index contributed by atoms with van der Waals surface area (Å²) in [6, 6.07) is 12.4. The smallest absolute Gasteiger partial charge is 0.410 e. The van der Waals surface area contributed by atoms with Gasteiger partial charge in [0.2, 0.25) is 0 Å². The Morgan fingerprint density at radius 3 is 2.25 bits per heavy atom. The molecule has 2 atom stereocenters. The van der Waals surface area contributed by atoms with E-state index in [0.717, 1.165) is 23.7 Å². The number of amides is 2. The number of carbonyl (C=O) groups is 2. The van der Waals surface area contributed by atoms with Crippen LogP contribution in [0.2, 0.25) is 18.1 Å². The van der Waals surface area contributed by atoms with E-state index in [1.165, 1.54) is 0 Å². The van der Waals surface area contributed by atoms with Crippen LogP contribution < -0.4 is 5.32 Å². The first-order valence-electron chi connectivity index (χ1n) is 11.7. The zero-order valence-electron chi connectivity index (χ0n) is 20.5. The van der Waals surface area contributed by atoms with Crippen LogP contribution in [0.15, 0.2) is 30.3 Å². The number of hydrogen-bond donors (Lipinski definition) is 1. The largest absolute Gasteiger partial charge is 0.445 e. The highest BCUT2D eigenvalue weighted by Gasteiger charge is 2.38. The molecule has 0 radical (unpaired) electrons. The Bertz CT molecular complexity index is 725. The van der Waals surface area contributed by atoms with Gasteiger partial charge in [-0.25, -0.2) is 9.59 Å². The average Bonchev–Trinajstić information content (AvgIpc) is 2.75. The van der Waals surface area contributed by atoms with Crippen molar-refractivity contribution in [1.29, 1.82) is 0 Å². The van der Waals surface area contributed by atoms with Crippen LogP contribution in [0.3, 0.4) is 0 Å². The molecular weight excluding hydrogens is 424 g/mol. The van der Waals surface area contributed by atoms with E-state index >= 15 is 0 Å². The van der Waals surface area contributed by atoms with Crippen LogP contribution in [0.25, 0.3) is 0 Å². The van der Waals surface area contributed by atoms with Gasteiger partial charge in [0, 0.05) is 13.1 Å². The van der Waals surface area contributed by atoms with E-state index in [2.05, 4.69) is 26.1 Å². The number of carbonyl (C=O) groups excluding carboxylic acids is 2. The van der Waals surface area contributed by atoms with Gasteiger partial charge in [-0.1, -0.05) is 51.1 Å². The lowest BCUT2D eigenvalue weighted by molar-refractivity contribution is 0.0270. The summed E-state index contributed by atoms with van der Waals surface area (Å²) >= 11 is 0. The number of benzene rings is 1. The van der Waals surface area contributed by atoms with Gasteiger partial charge in [0.25, 0.3) is 0 Å². The van der Waals surface area contributed by atoms with Gasteiger partial charge in [0.15, 0.2) is 8.32 Å². The maximum Gasteiger partial charge on any atom is 0.410 e. The monoisotopic (exact) mass is 464 g/mol. The fraction of sp³-hybridized carbons (Fsp3) is 0.667. The van der Waals surface area contributed by atoms with Gasteiger partial charge in [-0.15, -0.1) is 0 Å². The van der Waals surface area contributed by atoms with Crippen LogP contribution in [0.1, 0.15) is 53.5 Å². The Balaban J connectivity index is 2.09. The number of nitrogens with zero attached hydrogens (tertiary/aromatic N) is 1. The van der Waals surface area contributed by atoms with Gasteiger partial charge < -0.3 is 24.1 Å². The summed E-state index contributed by atoms with van der Waals surface area (Å²) in [5.74, 6) is 0. The summed E-state index contributed by atoms with van der Waals surface area (Å²) in [6.07, 6.45) is -0.365. The zero-order valence-corrected chi connectivity index (χ0v) is 21.5. The second-order valence-corrected chi connectivity index (χ2v) is 14.2. The molecule has 7 nitrogen and oxygen atoms in total. The Labute approximate surface area is 193 Å². The van der Waals surface area contributed by atoms with Crippen molar-refractivity contribution in [3.63, 3.8) is 0 Å². The molecule has 0 saturated carbocycles. The zero-order chi connectivity index (χ0) is 23.8. The van der Waals surface area contributed by atoms with E-state index in [4.69, 9.17) is 13.9 Å². The van der Waals surface area contributed by atoms with Crippen LogP contribution in [-0.2, 0) is 20.5 Å². The fourth-order valence-electron chi connectivity index (χ4n) is 4.03. The van der Waals surface area contributed by atoms with E-state index in [-0.39, 0.29) is 18.8 Å². The van der Waals surface area contributed by atoms with Gasteiger partial charge in [-0.05, 0) is 50.9 Å². The van der Waals surface area contributed by atoms with Crippen molar-refractivity contribution in [3.8, 4) is 0 Å². The number of hydrogen-bond acceptors (Lipinski definition) is 5. The molecule has 8 heteroatoms. The third kappa shape index (κ3) is 8.13. The highest BCUT2D eigenvalue weighted by atomic mass is 28.4. The van der Waals surface area contributed by atoms with E-state index in [0.29, 0.717) is 19.5 Å². The Kier molecular flexibility index (Phi) is 9.58. The van der Waals surface area contributed by atoms with Crippen LogP contribution in [-0.4, -0.2) is 56.2 Å². The molecule has 0 spiro atoms. The van der Waals surface area contributed by atoms with E-state index in [1.54, 1.807) is 4.90 Å². The predicted molar refractivity (Wildman–Crippen MR) is 128 cm³/mol. The molecule has 1 fully saturated rings. The van der Waals surface area contributed by atoms with E-state index in [1.807, 2.05) is 51.1 Å². The van der Waals surface area contributed by atoms with Crippen molar-refractivity contribution in [3.05, 3.63) is 35.9 Å². The average molecular weight is 465 g/mol. The Morgan fingerprint density at radius 1 is 1.06 bits per heavy atom. The molecular formula is C24H40N2O5Si. The molecule has 1 N–H and O–H groups in total. The van der Waals surface area contributed by atoms with Gasteiger partial charge in [-0.2, -0.15) is 0 Å². The van der Waals surface area contributed by atoms with Crippen molar-refractivity contribution in [2.45, 2.75) is 90.4 Å². The molecule has 0 bridgehead atoms. The molecule has 1 aliphatic heterocycles. The first-order valence-corrected chi connectivity index (χ1v) is 14.3. The molecule has 1 aromatic carbocycles. The minimum Gasteiger partial charge on any atom is -0.445 e. The summed E-state index contributed by atoms with van der Waals surface area (Å²) in [6.45, 7) is 13.1. The van der Waals surface area contributed by atoms with Crippen molar-refractivity contribution in [2.24, 2.45) is 0 Å². The lowest BCUT2D eigenvalue weighted by Gasteiger charge is -2.41. The van der Waals surface area contributed by atoms with E-state index in [9.17, 15) is 9.59 Å². The third-order valence-corrected chi connectivity index (χ3v) is 10.6. The highest BCUT2D eigenvalue weighted by Crippen LogP contribution is 2.27. The lowest BCUT2D eigenvalue weighted by Crippen LogP contribution is -2.57. The third-order valence-electron chi connectivity index (χ3n) is 5.95. The van der Waals surface area contributed by atoms with Crippen molar-refractivity contribution < 1.29 is 23.5 Å². The topological polar surface area (TPSA) is 77.1 Å². The fourth-order valence-corrected chi connectivity index (χ4v) is 6.91. The molecule has 1 saturated heterocycles. The molecule has 32 heavy (non-hydrogen) atoms. The van der Waals surface area contributed by atoms with Crippen LogP contribution >= 0.6 is 0 Å². The molecule has 180 valence electrons. The number of ether oxygens (including phenoxy) is 2.